The van der Waals surface area contributed by atoms with Crippen molar-refractivity contribution in [1.82, 2.24) is 4.98 Å². The van der Waals surface area contributed by atoms with Crippen LogP contribution in [0.1, 0.15) is 64.2 Å². The van der Waals surface area contributed by atoms with Gasteiger partial charge in [0.25, 0.3) is 0 Å². The summed E-state index contributed by atoms with van der Waals surface area (Å²) in [5.41, 5.74) is 1.70. The highest BCUT2D eigenvalue weighted by Gasteiger charge is 2.05. The minimum atomic E-state index is 0.712. The minimum Gasteiger partial charge on any atom is -0.441 e. The van der Waals surface area contributed by atoms with Gasteiger partial charge in [0.15, 0.2) is 11.5 Å². The zero-order valence-electron chi connectivity index (χ0n) is 12.3. The number of aryl methyl sites for hydroxylation is 1. The van der Waals surface area contributed by atoms with Crippen molar-refractivity contribution in [2.45, 2.75) is 64.7 Å². The van der Waals surface area contributed by atoms with E-state index in [1.165, 1.54) is 44.9 Å². The molecule has 0 N–H and O–H groups in total. The van der Waals surface area contributed by atoms with Crippen LogP contribution < -0.4 is 0 Å². The SMILES string of the molecule is CCCCCCCCCCc1nc2cc(Cl)ccc2o1. The maximum absolute atomic E-state index is 5.94. The molecule has 20 heavy (non-hydrogen) atoms. The van der Waals surface area contributed by atoms with E-state index in [-0.39, 0.29) is 0 Å². The van der Waals surface area contributed by atoms with Crippen molar-refractivity contribution in [1.29, 1.82) is 0 Å². The first-order chi connectivity index (χ1) is 9.79. The van der Waals surface area contributed by atoms with E-state index in [0.29, 0.717) is 5.02 Å². The third-order valence-electron chi connectivity index (χ3n) is 3.64. The number of halogens is 1. The summed E-state index contributed by atoms with van der Waals surface area (Å²) < 4.78 is 5.71. The summed E-state index contributed by atoms with van der Waals surface area (Å²) >= 11 is 5.94. The van der Waals surface area contributed by atoms with Crippen LogP contribution >= 0.6 is 11.6 Å². The fourth-order valence-electron chi connectivity index (χ4n) is 2.47. The van der Waals surface area contributed by atoms with Gasteiger partial charge in [0.1, 0.15) is 5.52 Å². The number of aromatic nitrogens is 1. The number of oxazole rings is 1. The topological polar surface area (TPSA) is 26.0 Å². The lowest BCUT2D eigenvalue weighted by atomic mass is 10.1. The molecule has 2 nitrogen and oxygen atoms in total. The maximum atomic E-state index is 5.94. The molecule has 0 unspecified atom stereocenters. The van der Waals surface area contributed by atoms with E-state index in [9.17, 15) is 0 Å². The Morgan fingerprint density at radius 3 is 2.45 bits per heavy atom. The van der Waals surface area contributed by atoms with E-state index in [2.05, 4.69) is 11.9 Å². The predicted octanol–water partition coefficient (Wildman–Crippen LogP) is 6.16. The number of benzene rings is 1. The molecule has 0 fully saturated rings. The Hall–Kier alpha value is -1.02. The summed E-state index contributed by atoms with van der Waals surface area (Å²) in [5, 5.41) is 0.712. The average molecular weight is 294 g/mol. The van der Waals surface area contributed by atoms with Crippen molar-refractivity contribution in [3.8, 4) is 0 Å². The van der Waals surface area contributed by atoms with E-state index >= 15 is 0 Å². The molecular weight excluding hydrogens is 270 g/mol. The van der Waals surface area contributed by atoms with Gasteiger partial charge in [-0.2, -0.15) is 0 Å². The van der Waals surface area contributed by atoms with Crippen molar-refractivity contribution in [3.05, 3.63) is 29.1 Å². The van der Waals surface area contributed by atoms with Gasteiger partial charge in [0, 0.05) is 11.4 Å². The highest BCUT2D eigenvalue weighted by Crippen LogP contribution is 2.21. The van der Waals surface area contributed by atoms with Gasteiger partial charge < -0.3 is 4.42 Å². The molecule has 0 bridgehead atoms. The van der Waals surface area contributed by atoms with Crippen LogP contribution in [0.15, 0.2) is 22.6 Å². The Bertz CT molecular complexity index is 521. The van der Waals surface area contributed by atoms with E-state index in [1.807, 2.05) is 18.2 Å². The maximum Gasteiger partial charge on any atom is 0.195 e. The Morgan fingerprint density at radius 2 is 1.70 bits per heavy atom. The summed E-state index contributed by atoms with van der Waals surface area (Å²) in [6.45, 7) is 2.26. The van der Waals surface area contributed by atoms with Crippen molar-refractivity contribution in [3.63, 3.8) is 0 Å². The van der Waals surface area contributed by atoms with Gasteiger partial charge in [-0.3, -0.25) is 0 Å². The lowest BCUT2D eigenvalue weighted by molar-refractivity contribution is 0.503. The molecule has 0 aliphatic carbocycles. The highest BCUT2D eigenvalue weighted by molar-refractivity contribution is 6.31. The van der Waals surface area contributed by atoms with E-state index in [1.54, 1.807) is 0 Å². The third-order valence-corrected chi connectivity index (χ3v) is 3.87. The Balaban J connectivity index is 1.65. The molecule has 1 aromatic carbocycles. The van der Waals surface area contributed by atoms with E-state index < -0.39 is 0 Å². The Morgan fingerprint density at radius 1 is 1.00 bits per heavy atom. The smallest absolute Gasteiger partial charge is 0.195 e. The number of nitrogens with zero attached hydrogens (tertiary/aromatic N) is 1. The first kappa shape index (κ1) is 15.4. The molecule has 0 aliphatic heterocycles. The fraction of sp³-hybridized carbons (Fsp3) is 0.588. The summed E-state index contributed by atoms with van der Waals surface area (Å²) in [4.78, 5) is 4.48. The van der Waals surface area contributed by atoms with Crippen LogP contribution in [0.3, 0.4) is 0 Å². The summed E-state index contributed by atoms with van der Waals surface area (Å²) in [7, 11) is 0. The second kappa shape index (κ2) is 8.31. The number of hydrogen-bond acceptors (Lipinski definition) is 2. The second-order valence-corrected chi connectivity index (χ2v) is 5.88. The highest BCUT2D eigenvalue weighted by atomic mass is 35.5. The van der Waals surface area contributed by atoms with Gasteiger partial charge in [-0.15, -0.1) is 0 Å². The Labute approximate surface area is 126 Å². The van der Waals surface area contributed by atoms with Gasteiger partial charge in [0.05, 0.1) is 0 Å². The van der Waals surface area contributed by atoms with Crippen molar-refractivity contribution in [2.75, 3.05) is 0 Å². The quantitative estimate of drug-likeness (QED) is 0.517. The molecule has 2 rings (SSSR count). The molecule has 0 radical (unpaired) electrons. The summed E-state index contributed by atoms with van der Waals surface area (Å²) in [5.74, 6) is 0.841. The number of rotatable bonds is 9. The van der Waals surface area contributed by atoms with Gasteiger partial charge in [-0.05, 0) is 24.6 Å². The van der Waals surface area contributed by atoms with Crippen LogP contribution in [0.25, 0.3) is 11.1 Å². The molecule has 0 saturated carbocycles. The van der Waals surface area contributed by atoms with Crippen LogP contribution in [0.4, 0.5) is 0 Å². The van der Waals surface area contributed by atoms with Crippen LogP contribution in [0, 0.1) is 0 Å². The number of fused-ring (bicyclic) bond motifs is 1. The summed E-state index contributed by atoms with van der Waals surface area (Å²) in [6.07, 6.45) is 11.5. The normalized spacial score (nSPS) is 11.3. The molecular formula is C17H24ClNO. The minimum absolute atomic E-state index is 0.712. The largest absolute Gasteiger partial charge is 0.441 e. The molecule has 0 atom stereocenters. The molecule has 0 amide bonds. The van der Waals surface area contributed by atoms with Crippen LogP contribution in [-0.4, -0.2) is 4.98 Å². The van der Waals surface area contributed by atoms with Crippen molar-refractivity contribution < 1.29 is 4.42 Å². The standard InChI is InChI=1S/C17H24ClNO/c1-2-3-4-5-6-7-8-9-10-17-19-15-13-14(18)11-12-16(15)20-17/h11-13H,2-10H2,1H3. The van der Waals surface area contributed by atoms with Crippen LogP contribution in [0.5, 0.6) is 0 Å². The summed E-state index contributed by atoms with van der Waals surface area (Å²) in [6, 6.07) is 5.59. The fourth-order valence-corrected chi connectivity index (χ4v) is 2.63. The average Bonchev–Trinajstić information content (AvgIpc) is 2.83. The molecule has 3 heteroatoms. The monoisotopic (exact) mass is 293 g/mol. The van der Waals surface area contributed by atoms with Crippen molar-refractivity contribution >= 4 is 22.7 Å². The van der Waals surface area contributed by atoms with Gasteiger partial charge >= 0.3 is 0 Å². The van der Waals surface area contributed by atoms with E-state index in [0.717, 1.165) is 29.8 Å². The third kappa shape index (κ3) is 4.82. The Kier molecular flexibility index (Phi) is 6.38. The number of hydrogen-bond donors (Lipinski definition) is 0. The van der Waals surface area contributed by atoms with Gasteiger partial charge in [0.2, 0.25) is 0 Å². The molecule has 0 aliphatic rings. The van der Waals surface area contributed by atoms with Crippen molar-refractivity contribution in [2.24, 2.45) is 0 Å². The molecule has 1 aromatic heterocycles. The zero-order chi connectivity index (χ0) is 14.2. The zero-order valence-corrected chi connectivity index (χ0v) is 13.1. The van der Waals surface area contributed by atoms with Gasteiger partial charge in [-0.25, -0.2) is 4.98 Å². The molecule has 2 aromatic rings. The predicted molar refractivity (Wildman–Crippen MR) is 85.3 cm³/mol. The first-order valence-corrected chi connectivity index (χ1v) is 8.22. The molecule has 110 valence electrons. The molecule has 0 spiro atoms. The second-order valence-electron chi connectivity index (χ2n) is 5.44. The first-order valence-electron chi connectivity index (χ1n) is 7.84. The molecule has 0 saturated heterocycles. The van der Waals surface area contributed by atoms with Crippen LogP contribution in [-0.2, 0) is 6.42 Å². The molecule has 1 heterocycles. The number of unbranched alkanes of at least 4 members (excludes halogenated alkanes) is 7. The lowest BCUT2D eigenvalue weighted by Gasteiger charge is -2.00. The van der Waals surface area contributed by atoms with Crippen LogP contribution in [0.2, 0.25) is 5.02 Å². The van der Waals surface area contributed by atoms with E-state index in [4.69, 9.17) is 16.0 Å². The van der Waals surface area contributed by atoms with Gasteiger partial charge in [-0.1, -0.05) is 63.5 Å². The lowest BCUT2D eigenvalue weighted by Crippen LogP contribution is -1.86.